The fourth-order valence-electron chi connectivity index (χ4n) is 3.39. The average Bonchev–Trinajstić information content (AvgIpc) is 3.21. The number of ether oxygens (including phenoxy) is 2. The number of benzene rings is 1. The molecule has 0 bridgehead atoms. The maximum Gasteiger partial charge on any atom is 0.247 e. The molecule has 0 radical (unpaired) electrons. The van der Waals surface area contributed by atoms with E-state index in [1.807, 2.05) is 13.8 Å². The molecular formula is C17H22N2O5S. The van der Waals surface area contributed by atoms with E-state index in [1.165, 1.54) is 24.6 Å². The van der Waals surface area contributed by atoms with Crippen LogP contribution in [-0.4, -0.2) is 38.6 Å². The van der Waals surface area contributed by atoms with Crippen LogP contribution in [0.1, 0.15) is 35.9 Å². The smallest absolute Gasteiger partial charge is 0.247 e. The maximum atomic E-state index is 13.3. The third-order valence-corrected chi connectivity index (χ3v) is 6.51. The minimum atomic E-state index is -3.76. The van der Waals surface area contributed by atoms with Crippen molar-refractivity contribution in [3.63, 3.8) is 0 Å². The van der Waals surface area contributed by atoms with Crippen molar-refractivity contribution in [1.82, 2.24) is 9.46 Å². The van der Waals surface area contributed by atoms with Crippen molar-refractivity contribution in [2.24, 2.45) is 0 Å². The zero-order valence-corrected chi connectivity index (χ0v) is 15.6. The third-order valence-electron chi connectivity index (χ3n) is 4.58. The van der Waals surface area contributed by atoms with Gasteiger partial charge < -0.3 is 14.0 Å². The second kappa shape index (κ2) is 6.68. The van der Waals surface area contributed by atoms with Crippen LogP contribution in [0.3, 0.4) is 0 Å². The lowest BCUT2D eigenvalue weighted by Crippen LogP contribution is -2.31. The molecule has 7 nitrogen and oxygen atoms in total. The molecule has 0 saturated carbocycles. The Balaban J connectivity index is 2.08. The van der Waals surface area contributed by atoms with Gasteiger partial charge in [0.2, 0.25) is 10.0 Å². The van der Waals surface area contributed by atoms with Crippen molar-refractivity contribution in [2.75, 3.05) is 20.8 Å². The standard InChI is InChI=1S/C17H22N2O5S/c1-11-17(12(2)24-18-11)14-6-5-9-19(14)25(20,21)16-10-13(22-3)7-8-15(16)23-4/h7-8,10,14H,5-6,9H2,1-4H3/t14-/m1/s1. The highest BCUT2D eigenvalue weighted by atomic mass is 32.2. The Kier molecular flexibility index (Phi) is 4.75. The molecule has 3 rings (SSSR count). The van der Waals surface area contributed by atoms with Gasteiger partial charge in [0.05, 0.1) is 26.0 Å². The number of hydrogen-bond donors (Lipinski definition) is 0. The van der Waals surface area contributed by atoms with Crippen LogP contribution >= 0.6 is 0 Å². The molecule has 2 heterocycles. The first-order valence-electron chi connectivity index (χ1n) is 8.06. The van der Waals surface area contributed by atoms with Crippen LogP contribution in [0.2, 0.25) is 0 Å². The molecule has 0 unspecified atom stereocenters. The number of aryl methyl sites for hydroxylation is 2. The summed E-state index contributed by atoms with van der Waals surface area (Å²) in [5, 5.41) is 3.97. The van der Waals surface area contributed by atoms with E-state index in [9.17, 15) is 8.42 Å². The Bertz CT molecular complexity index is 856. The fraction of sp³-hybridized carbons (Fsp3) is 0.471. The number of methoxy groups -OCH3 is 2. The molecule has 0 amide bonds. The van der Waals surface area contributed by atoms with Crippen LogP contribution in [0.25, 0.3) is 0 Å². The Morgan fingerprint density at radius 3 is 2.60 bits per heavy atom. The monoisotopic (exact) mass is 366 g/mol. The number of sulfonamides is 1. The predicted octanol–water partition coefficient (Wildman–Crippen LogP) is 2.83. The maximum absolute atomic E-state index is 13.3. The number of hydrogen-bond acceptors (Lipinski definition) is 6. The quantitative estimate of drug-likeness (QED) is 0.809. The van der Waals surface area contributed by atoms with E-state index in [4.69, 9.17) is 14.0 Å². The first kappa shape index (κ1) is 17.8. The Morgan fingerprint density at radius 2 is 2.00 bits per heavy atom. The van der Waals surface area contributed by atoms with Gasteiger partial charge in [-0.2, -0.15) is 4.31 Å². The third kappa shape index (κ3) is 3.00. The molecule has 0 N–H and O–H groups in total. The molecule has 1 atom stereocenters. The van der Waals surface area contributed by atoms with E-state index < -0.39 is 10.0 Å². The van der Waals surface area contributed by atoms with Gasteiger partial charge in [-0.1, -0.05) is 5.16 Å². The number of aromatic nitrogens is 1. The van der Waals surface area contributed by atoms with E-state index in [2.05, 4.69) is 5.16 Å². The summed E-state index contributed by atoms with van der Waals surface area (Å²) in [5.74, 6) is 1.42. The van der Waals surface area contributed by atoms with Crippen molar-refractivity contribution in [3.8, 4) is 11.5 Å². The van der Waals surface area contributed by atoms with Gasteiger partial charge in [0.1, 0.15) is 22.2 Å². The fourth-order valence-corrected chi connectivity index (χ4v) is 5.23. The van der Waals surface area contributed by atoms with Crippen molar-refractivity contribution < 1.29 is 22.4 Å². The molecule has 0 spiro atoms. The Morgan fingerprint density at radius 1 is 1.24 bits per heavy atom. The molecule has 1 aliphatic rings. The minimum absolute atomic E-state index is 0.105. The van der Waals surface area contributed by atoms with E-state index in [-0.39, 0.29) is 10.9 Å². The molecule has 1 saturated heterocycles. The summed E-state index contributed by atoms with van der Waals surface area (Å²) in [7, 11) is -0.808. The summed E-state index contributed by atoms with van der Waals surface area (Å²) in [6.45, 7) is 4.09. The largest absolute Gasteiger partial charge is 0.497 e. The molecule has 1 fully saturated rings. The first-order valence-corrected chi connectivity index (χ1v) is 9.50. The highest BCUT2D eigenvalue weighted by Crippen LogP contribution is 2.41. The molecular weight excluding hydrogens is 344 g/mol. The zero-order chi connectivity index (χ0) is 18.2. The van der Waals surface area contributed by atoms with Crippen LogP contribution in [-0.2, 0) is 10.0 Å². The van der Waals surface area contributed by atoms with Crippen LogP contribution in [0.5, 0.6) is 11.5 Å². The van der Waals surface area contributed by atoms with Crippen molar-refractivity contribution in [1.29, 1.82) is 0 Å². The van der Waals surface area contributed by atoms with Gasteiger partial charge in [-0.3, -0.25) is 0 Å². The van der Waals surface area contributed by atoms with Gasteiger partial charge in [0.15, 0.2) is 0 Å². The predicted molar refractivity (Wildman–Crippen MR) is 91.4 cm³/mol. The molecule has 136 valence electrons. The van der Waals surface area contributed by atoms with E-state index >= 15 is 0 Å². The zero-order valence-electron chi connectivity index (χ0n) is 14.8. The average molecular weight is 366 g/mol. The molecule has 1 aromatic carbocycles. The van der Waals surface area contributed by atoms with Gasteiger partial charge in [0, 0.05) is 18.2 Å². The summed E-state index contributed by atoms with van der Waals surface area (Å²) in [6, 6.07) is 4.49. The van der Waals surface area contributed by atoms with Crippen molar-refractivity contribution >= 4 is 10.0 Å². The van der Waals surface area contributed by atoms with Crippen LogP contribution < -0.4 is 9.47 Å². The lowest BCUT2D eigenvalue weighted by Gasteiger charge is -2.25. The molecule has 8 heteroatoms. The van der Waals surface area contributed by atoms with Gasteiger partial charge in [-0.25, -0.2) is 8.42 Å². The molecule has 25 heavy (non-hydrogen) atoms. The second-order valence-corrected chi connectivity index (χ2v) is 7.89. The van der Waals surface area contributed by atoms with Crippen LogP contribution in [0.15, 0.2) is 27.6 Å². The van der Waals surface area contributed by atoms with E-state index in [0.717, 1.165) is 24.1 Å². The summed E-state index contributed by atoms with van der Waals surface area (Å²) < 4.78 is 43.9. The lowest BCUT2D eigenvalue weighted by atomic mass is 10.0. The number of rotatable bonds is 5. The molecule has 2 aromatic rings. The normalized spacial score (nSPS) is 18.5. The SMILES string of the molecule is COc1ccc(OC)c(S(=O)(=O)N2CCC[C@@H]2c2c(C)noc2C)c1. The lowest BCUT2D eigenvalue weighted by molar-refractivity contribution is 0.368. The van der Waals surface area contributed by atoms with Crippen molar-refractivity contribution in [2.45, 2.75) is 37.6 Å². The summed E-state index contributed by atoms with van der Waals surface area (Å²) in [5.41, 5.74) is 1.57. The molecule has 1 aromatic heterocycles. The second-order valence-electron chi connectivity index (χ2n) is 6.03. The van der Waals surface area contributed by atoms with Gasteiger partial charge in [0.25, 0.3) is 0 Å². The minimum Gasteiger partial charge on any atom is -0.497 e. The van der Waals surface area contributed by atoms with Crippen LogP contribution in [0, 0.1) is 13.8 Å². The van der Waals surface area contributed by atoms with E-state index in [1.54, 1.807) is 12.1 Å². The Labute approximate surface area is 147 Å². The first-order chi connectivity index (χ1) is 11.9. The summed E-state index contributed by atoms with van der Waals surface area (Å²) >= 11 is 0. The highest BCUT2D eigenvalue weighted by Gasteiger charge is 2.40. The van der Waals surface area contributed by atoms with Gasteiger partial charge >= 0.3 is 0 Å². The molecule has 1 aliphatic heterocycles. The topological polar surface area (TPSA) is 81.9 Å². The van der Waals surface area contributed by atoms with E-state index in [0.29, 0.717) is 23.8 Å². The van der Waals surface area contributed by atoms with Crippen LogP contribution in [0.4, 0.5) is 0 Å². The van der Waals surface area contributed by atoms with Gasteiger partial charge in [-0.05, 0) is 38.8 Å². The summed E-state index contributed by atoms with van der Waals surface area (Å²) in [4.78, 5) is 0.105. The number of nitrogens with zero attached hydrogens (tertiary/aromatic N) is 2. The highest BCUT2D eigenvalue weighted by molar-refractivity contribution is 7.89. The Hall–Kier alpha value is -2.06. The van der Waals surface area contributed by atoms with Crippen molar-refractivity contribution in [3.05, 3.63) is 35.2 Å². The molecule has 0 aliphatic carbocycles. The van der Waals surface area contributed by atoms with Gasteiger partial charge in [-0.15, -0.1) is 0 Å². The summed E-state index contributed by atoms with van der Waals surface area (Å²) in [6.07, 6.45) is 1.51.